The highest BCUT2D eigenvalue weighted by atomic mass is 16.3. The number of rotatable bonds is 5. The molecule has 0 radical (unpaired) electrons. The SMILES string of the molecule is C1=CCCC(N2C3=C(CC(N(c4cccc5c6c(oc45)CCC=C6)C4CC=Cc5oc6c(c54)CCC=C6)C=C3)C3C=CC(C4C=CCCC4)=CC32)=C1. The summed E-state index contributed by atoms with van der Waals surface area (Å²) >= 11 is 0. The number of para-hydroxylation sites is 1. The number of hydrogen-bond acceptors (Lipinski definition) is 4. The smallest absolute Gasteiger partial charge is 0.158 e. The Morgan fingerprint density at radius 1 is 0.788 bits per heavy atom. The van der Waals surface area contributed by atoms with Gasteiger partial charge in [-0.3, -0.25) is 0 Å². The Morgan fingerprint density at radius 3 is 2.63 bits per heavy atom. The maximum atomic E-state index is 6.88. The molecule has 1 aliphatic heterocycles. The third-order valence-electron chi connectivity index (χ3n) is 12.9. The van der Waals surface area contributed by atoms with E-state index in [9.17, 15) is 0 Å². The Labute approximate surface area is 306 Å². The van der Waals surface area contributed by atoms with E-state index in [4.69, 9.17) is 8.83 Å². The Hall–Kier alpha value is -4.96. The third-order valence-corrected chi connectivity index (χ3v) is 12.9. The van der Waals surface area contributed by atoms with Crippen molar-refractivity contribution in [1.82, 2.24) is 4.90 Å². The van der Waals surface area contributed by atoms with Gasteiger partial charge in [-0.1, -0.05) is 85.0 Å². The van der Waals surface area contributed by atoms with Crippen LogP contribution in [0, 0.1) is 11.8 Å². The highest BCUT2D eigenvalue weighted by Crippen LogP contribution is 2.51. The van der Waals surface area contributed by atoms with Crippen molar-refractivity contribution in [3.63, 3.8) is 0 Å². The van der Waals surface area contributed by atoms with Crippen LogP contribution in [-0.4, -0.2) is 17.0 Å². The number of allylic oxidation sites excluding steroid dienone is 11. The molecule has 4 heteroatoms. The van der Waals surface area contributed by atoms with Crippen LogP contribution in [0.4, 0.5) is 5.69 Å². The Balaban J connectivity index is 1.04. The van der Waals surface area contributed by atoms with E-state index in [0.29, 0.717) is 17.9 Å². The van der Waals surface area contributed by atoms with Crippen LogP contribution in [-0.2, 0) is 12.8 Å². The minimum absolute atomic E-state index is 0.144. The molecule has 0 N–H and O–H groups in total. The highest BCUT2D eigenvalue weighted by Gasteiger charge is 2.45. The van der Waals surface area contributed by atoms with Gasteiger partial charge in [-0.25, -0.2) is 0 Å². The van der Waals surface area contributed by atoms with Gasteiger partial charge in [0.2, 0.25) is 0 Å². The number of furan rings is 2. The summed E-state index contributed by atoms with van der Waals surface area (Å²) < 4.78 is 13.4. The largest absolute Gasteiger partial charge is 0.458 e. The lowest BCUT2D eigenvalue weighted by molar-refractivity contribution is 0.355. The van der Waals surface area contributed by atoms with E-state index >= 15 is 0 Å². The Morgan fingerprint density at radius 2 is 1.71 bits per heavy atom. The molecule has 3 aromatic rings. The fraction of sp³-hybridized carbons (Fsp3) is 0.333. The summed E-state index contributed by atoms with van der Waals surface area (Å²) in [6, 6.07) is 7.45. The predicted octanol–water partition coefficient (Wildman–Crippen LogP) is 11.9. The molecule has 0 saturated heterocycles. The summed E-state index contributed by atoms with van der Waals surface area (Å²) in [5.74, 6) is 4.08. The van der Waals surface area contributed by atoms with Crippen LogP contribution in [0.15, 0.2) is 129 Å². The summed E-state index contributed by atoms with van der Waals surface area (Å²) in [7, 11) is 0. The first-order chi connectivity index (χ1) is 25.8. The number of benzene rings is 1. The molecule has 2 aromatic heterocycles. The van der Waals surface area contributed by atoms with Crippen LogP contribution in [0.5, 0.6) is 0 Å². The normalized spacial score (nSPS) is 28.1. The average Bonchev–Trinajstić information content (AvgIpc) is 3.88. The van der Waals surface area contributed by atoms with Gasteiger partial charge in [0, 0.05) is 51.7 Å². The van der Waals surface area contributed by atoms with Crippen molar-refractivity contribution in [2.75, 3.05) is 4.90 Å². The van der Waals surface area contributed by atoms with Crippen LogP contribution < -0.4 is 4.90 Å². The number of aryl methyl sites for hydroxylation is 1. The first-order valence-corrected chi connectivity index (χ1v) is 19.9. The zero-order valence-electron chi connectivity index (χ0n) is 29.8. The minimum atomic E-state index is 0.144. The van der Waals surface area contributed by atoms with Crippen molar-refractivity contribution in [2.45, 2.75) is 88.8 Å². The molecule has 0 spiro atoms. The number of hydrogen-bond donors (Lipinski definition) is 0. The highest BCUT2D eigenvalue weighted by molar-refractivity contribution is 5.97. The van der Waals surface area contributed by atoms with Gasteiger partial charge in [0.1, 0.15) is 17.3 Å². The van der Waals surface area contributed by atoms with Crippen molar-refractivity contribution in [1.29, 1.82) is 0 Å². The van der Waals surface area contributed by atoms with Crippen molar-refractivity contribution in [2.24, 2.45) is 11.8 Å². The lowest BCUT2D eigenvalue weighted by Crippen LogP contribution is -2.40. The minimum Gasteiger partial charge on any atom is -0.458 e. The van der Waals surface area contributed by atoms with E-state index < -0.39 is 0 Å². The standard InChI is InChI=1S/C48H46N2O2/c1-3-13-31(14-4-1)32-25-27-35-39-30-34(26-28-40(39)49(43(35)29-32)33-15-5-2-6-16-33)50(41-20-12-24-46-47(41)38-18-8-10-23-45(38)51-46)42-21-11-19-37-36-17-7-9-22-44(36)52-48(37)42/h2-3,5,7,10-13,15,17,19,21,23-29,31,34-35,41,43H,1,4,6,8-9,14,16,18,20,22,30H2. The molecule has 1 aromatic carbocycles. The zero-order valence-corrected chi connectivity index (χ0v) is 29.8. The van der Waals surface area contributed by atoms with Crippen LogP contribution in [0.2, 0.25) is 0 Å². The number of nitrogens with zero attached hydrogens (tertiary/aromatic N) is 2. The van der Waals surface area contributed by atoms with Gasteiger partial charge in [0.15, 0.2) is 5.58 Å². The molecule has 0 saturated carbocycles. The molecule has 7 aliphatic carbocycles. The van der Waals surface area contributed by atoms with Crippen molar-refractivity contribution in [3.8, 4) is 0 Å². The van der Waals surface area contributed by atoms with E-state index in [-0.39, 0.29) is 12.1 Å². The fourth-order valence-electron chi connectivity index (χ4n) is 10.5. The second-order valence-electron chi connectivity index (χ2n) is 15.8. The first kappa shape index (κ1) is 30.6. The molecule has 11 rings (SSSR count). The van der Waals surface area contributed by atoms with Gasteiger partial charge in [-0.05, 0) is 106 Å². The van der Waals surface area contributed by atoms with Gasteiger partial charge in [0.25, 0.3) is 0 Å². The summed E-state index contributed by atoms with van der Waals surface area (Å²) in [5.41, 5.74) is 12.2. The topological polar surface area (TPSA) is 32.8 Å². The molecule has 5 atom stereocenters. The molecular formula is C48H46N2O2. The Kier molecular flexibility index (Phi) is 7.27. The van der Waals surface area contributed by atoms with Gasteiger partial charge in [-0.2, -0.15) is 0 Å². The van der Waals surface area contributed by atoms with Crippen LogP contribution >= 0.6 is 0 Å². The Bertz CT molecular complexity index is 2290. The lowest BCUT2D eigenvalue weighted by atomic mass is 9.79. The molecule has 0 bridgehead atoms. The van der Waals surface area contributed by atoms with Crippen LogP contribution in [0.3, 0.4) is 0 Å². The molecule has 0 amide bonds. The fourth-order valence-corrected chi connectivity index (χ4v) is 10.5. The maximum absolute atomic E-state index is 6.88. The van der Waals surface area contributed by atoms with E-state index in [0.717, 1.165) is 74.2 Å². The number of fused-ring (bicyclic) bond motifs is 8. The summed E-state index contributed by atoms with van der Waals surface area (Å²) in [4.78, 5) is 5.45. The van der Waals surface area contributed by atoms with E-state index in [1.807, 2.05) is 0 Å². The summed E-state index contributed by atoms with van der Waals surface area (Å²) in [6.45, 7) is 0. The van der Waals surface area contributed by atoms with Gasteiger partial charge >= 0.3 is 0 Å². The van der Waals surface area contributed by atoms with Crippen molar-refractivity contribution >= 4 is 34.9 Å². The molecule has 5 unspecified atom stereocenters. The van der Waals surface area contributed by atoms with Crippen molar-refractivity contribution in [3.05, 3.63) is 154 Å². The number of anilines is 1. The van der Waals surface area contributed by atoms with E-state index in [2.05, 4.69) is 125 Å². The predicted molar refractivity (Wildman–Crippen MR) is 212 cm³/mol. The molecule has 0 fully saturated rings. The molecule has 260 valence electrons. The maximum Gasteiger partial charge on any atom is 0.158 e. The molecule has 8 aliphatic rings. The molecule has 4 nitrogen and oxygen atoms in total. The molecule has 52 heavy (non-hydrogen) atoms. The van der Waals surface area contributed by atoms with Gasteiger partial charge < -0.3 is 18.6 Å². The molecular weight excluding hydrogens is 637 g/mol. The summed E-state index contributed by atoms with van der Waals surface area (Å²) in [6.07, 6.45) is 50.0. The molecule has 3 heterocycles. The second kappa shape index (κ2) is 12.3. The van der Waals surface area contributed by atoms with Crippen molar-refractivity contribution < 1.29 is 8.83 Å². The summed E-state index contributed by atoms with van der Waals surface area (Å²) in [5, 5.41) is 1.23. The monoisotopic (exact) mass is 682 g/mol. The zero-order chi connectivity index (χ0) is 34.2. The average molecular weight is 683 g/mol. The van der Waals surface area contributed by atoms with Gasteiger partial charge in [0.05, 0.1) is 23.8 Å². The lowest BCUT2D eigenvalue weighted by Gasteiger charge is -2.41. The third kappa shape index (κ3) is 4.79. The van der Waals surface area contributed by atoms with Crippen LogP contribution in [0.25, 0.3) is 29.2 Å². The first-order valence-electron chi connectivity index (χ1n) is 19.9. The van der Waals surface area contributed by atoms with Gasteiger partial charge in [-0.15, -0.1) is 0 Å². The quantitative estimate of drug-likeness (QED) is 0.251. The van der Waals surface area contributed by atoms with E-state index in [1.165, 1.54) is 64.0 Å². The van der Waals surface area contributed by atoms with Crippen LogP contribution in [0.1, 0.15) is 97.8 Å². The second-order valence-corrected chi connectivity index (χ2v) is 15.8. The van der Waals surface area contributed by atoms with E-state index in [1.54, 1.807) is 5.57 Å².